The van der Waals surface area contributed by atoms with Gasteiger partial charge in [0.25, 0.3) is 0 Å². The molecule has 27 heavy (non-hydrogen) atoms. The van der Waals surface area contributed by atoms with Gasteiger partial charge in [-0.3, -0.25) is 4.68 Å². The molecule has 136 valence electrons. The van der Waals surface area contributed by atoms with Crippen molar-refractivity contribution < 1.29 is 9.53 Å². The van der Waals surface area contributed by atoms with Crippen LogP contribution in [0.5, 0.6) is 5.75 Å². The maximum absolute atomic E-state index is 12.1. The average Bonchev–Trinajstić information content (AvgIpc) is 3.28. The first-order chi connectivity index (χ1) is 13.2. The number of carbonyl (C=O) groups is 1. The number of methoxy groups -OCH3 is 1. The number of aromatic nitrogens is 4. The van der Waals surface area contributed by atoms with Crippen LogP contribution in [0.25, 0.3) is 5.65 Å². The molecule has 2 N–H and O–H groups in total. The van der Waals surface area contributed by atoms with Crippen molar-refractivity contribution in [2.45, 2.75) is 6.54 Å². The standard InChI is InChI=1S/C19H18N6O2/c1-27-17-7-5-14(6-8-17)22-19(26)23-15-10-20-25(12-15)13-16-11-24-9-3-2-4-18(24)21-16/h2-12H,13H2,1H3,(H2,22,23,26). The monoisotopic (exact) mass is 362 g/mol. The molecular formula is C19H18N6O2. The molecule has 0 saturated carbocycles. The van der Waals surface area contributed by atoms with Gasteiger partial charge in [-0.05, 0) is 36.4 Å². The minimum Gasteiger partial charge on any atom is -0.497 e. The van der Waals surface area contributed by atoms with Crippen molar-refractivity contribution >= 4 is 23.1 Å². The molecule has 0 aliphatic heterocycles. The summed E-state index contributed by atoms with van der Waals surface area (Å²) in [6, 6.07) is 12.6. The van der Waals surface area contributed by atoms with Crippen LogP contribution in [0.2, 0.25) is 0 Å². The SMILES string of the molecule is COc1ccc(NC(=O)Nc2cnn(Cc3cn4ccccc4n3)c2)cc1. The van der Waals surface area contributed by atoms with E-state index >= 15 is 0 Å². The number of urea groups is 1. The number of pyridine rings is 1. The van der Waals surface area contributed by atoms with Gasteiger partial charge in [-0.1, -0.05) is 6.07 Å². The highest BCUT2D eigenvalue weighted by Crippen LogP contribution is 2.15. The summed E-state index contributed by atoms with van der Waals surface area (Å²) in [5.74, 6) is 0.731. The van der Waals surface area contributed by atoms with Crippen LogP contribution in [-0.2, 0) is 6.54 Å². The Kier molecular flexibility index (Phi) is 4.44. The van der Waals surface area contributed by atoms with Gasteiger partial charge in [0.2, 0.25) is 0 Å². The molecule has 3 heterocycles. The predicted molar refractivity (Wildman–Crippen MR) is 102 cm³/mol. The second-order valence-corrected chi connectivity index (χ2v) is 5.93. The maximum Gasteiger partial charge on any atom is 0.323 e. The zero-order valence-electron chi connectivity index (χ0n) is 14.7. The van der Waals surface area contributed by atoms with Gasteiger partial charge in [0.05, 0.1) is 31.2 Å². The lowest BCUT2D eigenvalue weighted by molar-refractivity contribution is 0.262. The molecule has 0 aliphatic rings. The molecule has 0 bridgehead atoms. The summed E-state index contributed by atoms with van der Waals surface area (Å²) in [5.41, 5.74) is 3.05. The topological polar surface area (TPSA) is 85.5 Å². The molecule has 2 amide bonds. The van der Waals surface area contributed by atoms with E-state index < -0.39 is 0 Å². The van der Waals surface area contributed by atoms with Crippen LogP contribution < -0.4 is 15.4 Å². The van der Waals surface area contributed by atoms with E-state index in [1.165, 1.54) is 0 Å². The molecule has 0 aliphatic carbocycles. The Morgan fingerprint density at radius 3 is 2.67 bits per heavy atom. The smallest absolute Gasteiger partial charge is 0.323 e. The minimum atomic E-state index is -0.340. The number of carbonyl (C=O) groups excluding carboxylic acids is 1. The zero-order chi connectivity index (χ0) is 18.6. The highest BCUT2D eigenvalue weighted by molar-refractivity contribution is 5.99. The number of fused-ring (bicyclic) bond motifs is 1. The lowest BCUT2D eigenvalue weighted by atomic mass is 10.3. The van der Waals surface area contributed by atoms with E-state index in [4.69, 9.17) is 4.74 Å². The Morgan fingerprint density at radius 1 is 1.07 bits per heavy atom. The minimum absolute atomic E-state index is 0.340. The first kappa shape index (κ1) is 16.6. The van der Waals surface area contributed by atoms with Gasteiger partial charge >= 0.3 is 6.03 Å². The van der Waals surface area contributed by atoms with E-state index in [1.54, 1.807) is 48.5 Å². The summed E-state index contributed by atoms with van der Waals surface area (Å²) in [7, 11) is 1.60. The van der Waals surface area contributed by atoms with E-state index in [-0.39, 0.29) is 6.03 Å². The molecule has 8 nitrogen and oxygen atoms in total. The highest BCUT2D eigenvalue weighted by atomic mass is 16.5. The molecule has 4 aromatic rings. The van der Waals surface area contributed by atoms with Crippen LogP contribution in [-0.4, -0.2) is 32.3 Å². The van der Waals surface area contributed by atoms with Crippen LogP contribution >= 0.6 is 0 Å². The summed E-state index contributed by atoms with van der Waals surface area (Å²) in [6.07, 6.45) is 7.27. The molecule has 3 aromatic heterocycles. The van der Waals surface area contributed by atoms with Crippen LogP contribution in [0.4, 0.5) is 16.2 Å². The van der Waals surface area contributed by atoms with Gasteiger partial charge in [0, 0.05) is 24.3 Å². The fourth-order valence-corrected chi connectivity index (χ4v) is 2.71. The Balaban J connectivity index is 1.37. The third kappa shape index (κ3) is 3.90. The first-order valence-electron chi connectivity index (χ1n) is 8.37. The lowest BCUT2D eigenvalue weighted by Crippen LogP contribution is -2.19. The molecule has 1 aromatic carbocycles. The van der Waals surface area contributed by atoms with E-state index in [0.29, 0.717) is 17.9 Å². The summed E-state index contributed by atoms with van der Waals surface area (Å²) in [5, 5.41) is 9.79. The van der Waals surface area contributed by atoms with Crippen molar-refractivity contribution in [3.63, 3.8) is 0 Å². The number of anilines is 2. The predicted octanol–water partition coefficient (Wildman–Crippen LogP) is 3.23. The number of rotatable bonds is 5. The van der Waals surface area contributed by atoms with E-state index in [1.807, 2.05) is 35.0 Å². The van der Waals surface area contributed by atoms with Crippen molar-refractivity contribution in [1.29, 1.82) is 0 Å². The van der Waals surface area contributed by atoms with Crippen molar-refractivity contribution in [2.75, 3.05) is 17.7 Å². The molecule has 0 saturated heterocycles. The number of ether oxygens (including phenoxy) is 1. The summed E-state index contributed by atoms with van der Waals surface area (Å²) in [6.45, 7) is 0.517. The van der Waals surface area contributed by atoms with Gasteiger partial charge < -0.3 is 19.8 Å². The Hall–Kier alpha value is -3.81. The second-order valence-electron chi connectivity index (χ2n) is 5.93. The van der Waals surface area contributed by atoms with Gasteiger partial charge in [0.15, 0.2) is 0 Å². The number of nitrogens with zero attached hydrogens (tertiary/aromatic N) is 4. The zero-order valence-corrected chi connectivity index (χ0v) is 14.7. The van der Waals surface area contributed by atoms with Crippen LogP contribution in [0.3, 0.4) is 0 Å². The van der Waals surface area contributed by atoms with E-state index in [2.05, 4.69) is 20.7 Å². The molecule has 0 radical (unpaired) electrons. The van der Waals surface area contributed by atoms with Crippen molar-refractivity contribution in [3.05, 3.63) is 72.9 Å². The molecule has 8 heteroatoms. The Bertz CT molecular complexity index is 1030. The highest BCUT2D eigenvalue weighted by Gasteiger charge is 2.07. The van der Waals surface area contributed by atoms with Gasteiger partial charge in [0.1, 0.15) is 11.4 Å². The Labute approximate surface area is 155 Å². The van der Waals surface area contributed by atoms with Gasteiger partial charge in [-0.25, -0.2) is 9.78 Å². The molecule has 0 spiro atoms. The van der Waals surface area contributed by atoms with Crippen molar-refractivity contribution in [2.24, 2.45) is 0 Å². The fraction of sp³-hybridized carbons (Fsp3) is 0.105. The van der Waals surface area contributed by atoms with Crippen LogP contribution in [0.15, 0.2) is 67.3 Å². The molecule has 0 fully saturated rings. The summed E-state index contributed by atoms with van der Waals surface area (Å²) < 4.78 is 8.78. The molecule has 0 atom stereocenters. The normalized spacial score (nSPS) is 10.7. The number of hydrogen-bond acceptors (Lipinski definition) is 4. The third-order valence-electron chi connectivity index (χ3n) is 3.98. The van der Waals surface area contributed by atoms with Crippen LogP contribution in [0, 0.1) is 0 Å². The van der Waals surface area contributed by atoms with Crippen LogP contribution in [0.1, 0.15) is 5.69 Å². The largest absolute Gasteiger partial charge is 0.497 e. The van der Waals surface area contributed by atoms with Crippen molar-refractivity contribution in [3.8, 4) is 5.75 Å². The number of hydrogen-bond donors (Lipinski definition) is 2. The summed E-state index contributed by atoms with van der Waals surface area (Å²) in [4.78, 5) is 16.7. The van der Waals surface area contributed by atoms with E-state index in [0.717, 1.165) is 17.1 Å². The average molecular weight is 362 g/mol. The summed E-state index contributed by atoms with van der Waals surface area (Å²) >= 11 is 0. The maximum atomic E-state index is 12.1. The van der Waals surface area contributed by atoms with Gasteiger partial charge in [-0.2, -0.15) is 5.10 Å². The molecule has 4 rings (SSSR count). The fourth-order valence-electron chi connectivity index (χ4n) is 2.71. The van der Waals surface area contributed by atoms with Crippen molar-refractivity contribution in [1.82, 2.24) is 19.2 Å². The number of amides is 2. The third-order valence-corrected chi connectivity index (χ3v) is 3.98. The number of imidazole rings is 1. The second kappa shape index (κ2) is 7.20. The lowest BCUT2D eigenvalue weighted by Gasteiger charge is -2.06. The number of nitrogens with one attached hydrogen (secondary N) is 2. The van der Waals surface area contributed by atoms with E-state index in [9.17, 15) is 4.79 Å². The Morgan fingerprint density at radius 2 is 1.89 bits per heavy atom. The first-order valence-corrected chi connectivity index (χ1v) is 8.37. The number of benzene rings is 1. The quantitative estimate of drug-likeness (QED) is 0.571. The molecule has 0 unspecified atom stereocenters. The van der Waals surface area contributed by atoms with Gasteiger partial charge in [-0.15, -0.1) is 0 Å². The molecular weight excluding hydrogens is 344 g/mol.